The lowest BCUT2D eigenvalue weighted by molar-refractivity contribution is -0.893. The van der Waals surface area contributed by atoms with E-state index in [1.807, 2.05) is 26.0 Å². The first-order valence-corrected chi connectivity index (χ1v) is 30.9. The third kappa shape index (κ3) is 13.6. The van der Waals surface area contributed by atoms with Gasteiger partial charge in [0.1, 0.15) is 23.8 Å². The van der Waals surface area contributed by atoms with E-state index < -0.39 is 58.0 Å². The lowest BCUT2D eigenvalue weighted by atomic mass is 9.44. The summed E-state index contributed by atoms with van der Waals surface area (Å²) in [5, 5.41) is 42.0. The van der Waals surface area contributed by atoms with Crippen LogP contribution in [0.4, 0.5) is 0 Å². The number of carboxylic acid groups (broad SMARTS) is 2. The Morgan fingerprint density at radius 2 is 0.947 bits per heavy atom. The van der Waals surface area contributed by atoms with Gasteiger partial charge < -0.3 is 49.3 Å². The minimum absolute atomic E-state index is 0.00596. The van der Waals surface area contributed by atoms with E-state index in [1.165, 1.54) is 9.80 Å². The normalized spacial score (nSPS) is 38.7. The second kappa shape index (κ2) is 27.4. The molecule has 0 aromatic carbocycles. The molecule has 0 heterocycles. The molecule has 14 nitrogen and oxygen atoms in total. The van der Waals surface area contributed by atoms with Crippen molar-refractivity contribution in [2.45, 2.75) is 172 Å². The van der Waals surface area contributed by atoms with Crippen molar-refractivity contribution >= 4 is 59.0 Å². The minimum Gasteiger partial charge on any atom is -0.545 e. The lowest BCUT2D eigenvalue weighted by Gasteiger charge is -2.61. The average molecular weight is 1100 g/mol. The van der Waals surface area contributed by atoms with Gasteiger partial charge in [-0.05, 0) is 126 Å². The zero-order valence-corrected chi connectivity index (χ0v) is 50.1. The molecule has 6 rings (SSSR count). The Kier molecular flexibility index (Phi) is 23.6. The zero-order valence-electron chi connectivity index (χ0n) is 48.4. The van der Waals surface area contributed by atoms with E-state index in [1.54, 1.807) is 23.5 Å². The van der Waals surface area contributed by atoms with Crippen molar-refractivity contribution in [2.75, 3.05) is 62.3 Å². The summed E-state index contributed by atoms with van der Waals surface area (Å²) < 4.78 is 12.6. The number of carbonyl (C=O) groups excluding carboxylic acids is 6. The van der Waals surface area contributed by atoms with Crippen LogP contribution in [0.3, 0.4) is 0 Å². The van der Waals surface area contributed by atoms with Crippen LogP contribution in [0.1, 0.15) is 147 Å². The number of carbonyl (C=O) groups is 6. The average Bonchev–Trinajstić information content (AvgIpc) is 3.94. The summed E-state index contributed by atoms with van der Waals surface area (Å²) in [5.41, 5.74) is -2.48. The van der Waals surface area contributed by atoms with Crippen molar-refractivity contribution in [1.29, 1.82) is 0 Å². The highest BCUT2D eigenvalue weighted by atomic mass is 32.2. The number of quaternary nitrogens is 2. The predicted octanol–water partition coefficient (Wildman–Crippen LogP) is 4.14. The highest BCUT2D eigenvalue weighted by Crippen LogP contribution is 2.69. The fourth-order valence-electron chi connectivity index (χ4n) is 15.5. The van der Waals surface area contributed by atoms with Crippen molar-refractivity contribution in [3.05, 3.63) is 37.5 Å². The number of ketones is 2. The quantitative estimate of drug-likeness (QED) is 0.0584. The highest BCUT2D eigenvalue weighted by Gasteiger charge is 2.70. The van der Waals surface area contributed by atoms with Crippen molar-refractivity contribution in [3.8, 4) is 0 Å². The first-order chi connectivity index (χ1) is 35.6. The maximum atomic E-state index is 13.4. The molecule has 6 saturated carbocycles. The number of ether oxygens (including phenoxy) is 2. The Hall–Kier alpha value is -3.02. The summed E-state index contributed by atoms with van der Waals surface area (Å²) in [5.74, 6) is -0.204. The largest absolute Gasteiger partial charge is 0.545 e. The maximum absolute atomic E-state index is 13.4. The molecule has 6 aliphatic carbocycles. The van der Waals surface area contributed by atoms with Crippen LogP contribution >= 0.6 is 23.5 Å². The first-order valence-electron chi connectivity index (χ1n) is 28.6. The Bertz CT molecular complexity index is 1940. The smallest absolute Gasteiger partial charge is 0.316 e. The number of aliphatic carboxylic acids is 2. The molecule has 0 unspecified atom stereocenters. The van der Waals surface area contributed by atoms with Crippen LogP contribution in [0.25, 0.3) is 0 Å². The number of thioether (sulfide) groups is 2. The third-order valence-electron chi connectivity index (χ3n) is 21.1. The number of Topliss-reactive ketones (excluding diaryl/α,β-unsaturated/α-hetero) is 2. The summed E-state index contributed by atoms with van der Waals surface area (Å²) in [7, 11) is 0. The van der Waals surface area contributed by atoms with Crippen molar-refractivity contribution in [3.63, 3.8) is 0 Å². The molecule has 0 aromatic heterocycles. The Balaban J connectivity index is 0.000000287. The molecule has 6 fully saturated rings. The summed E-state index contributed by atoms with van der Waals surface area (Å²) in [6.45, 7) is 40.6. The minimum atomic E-state index is -1.55. The van der Waals surface area contributed by atoms with E-state index in [0.29, 0.717) is 60.9 Å². The fourth-order valence-corrected chi connectivity index (χ4v) is 17.1. The van der Waals surface area contributed by atoms with Crippen LogP contribution in [0.15, 0.2) is 37.5 Å². The molecule has 76 heavy (non-hydrogen) atoms. The lowest BCUT2D eigenvalue weighted by Crippen LogP contribution is -3.11. The van der Waals surface area contributed by atoms with Gasteiger partial charge in [-0.1, -0.05) is 67.5 Å². The molecule has 0 aliphatic heterocycles. The molecule has 0 spiro atoms. The summed E-state index contributed by atoms with van der Waals surface area (Å²) >= 11 is 3.27. The summed E-state index contributed by atoms with van der Waals surface area (Å²) in [6.07, 6.45) is 10.1. The summed E-state index contributed by atoms with van der Waals surface area (Å²) in [4.78, 5) is 74.9. The molecule has 16 heteroatoms. The van der Waals surface area contributed by atoms with Gasteiger partial charge in [0.25, 0.3) is 0 Å². The number of carboxylic acids is 2. The molecule has 6 aliphatic rings. The standard InChI is InChI=1S/2C28H47NO4S.C4H4O4/c2*1-8-26(6)17-22(33-23(31)18-34-16-15-29(9-2)10-3)27(7)19(4)11-13-28(20(5)25(26)32)14-12-21(30)24(27)28;5-3(6)1-2-4(7)8/h2*8,19-20,22,24-25,32H,1,9-18H2,2-7H3;1-2H,(H,5,6)(H,7,8)/b;;2-1+/t2*19-,20+,22-,24+,25+,26-,27+,28+;/m11./s1. The van der Waals surface area contributed by atoms with Crippen LogP contribution in [0.5, 0.6) is 0 Å². The maximum Gasteiger partial charge on any atom is 0.316 e. The van der Waals surface area contributed by atoms with Gasteiger partial charge in [-0.3, -0.25) is 19.2 Å². The van der Waals surface area contributed by atoms with E-state index in [2.05, 4.69) is 82.4 Å². The number of nitrogens with one attached hydrogen (secondary N) is 2. The molecule has 432 valence electrons. The fraction of sp³-hybridized carbons (Fsp3) is 0.800. The molecule has 0 saturated heterocycles. The van der Waals surface area contributed by atoms with Gasteiger partial charge in [0.05, 0.1) is 74.9 Å². The van der Waals surface area contributed by atoms with Crippen LogP contribution in [-0.4, -0.2) is 132 Å². The monoisotopic (exact) mass is 1100 g/mol. The Morgan fingerprint density at radius 3 is 1.24 bits per heavy atom. The summed E-state index contributed by atoms with van der Waals surface area (Å²) in [6, 6.07) is 0. The van der Waals surface area contributed by atoms with E-state index >= 15 is 0 Å². The van der Waals surface area contributed by atoms with Crippen LogP contribution in [0, 0.1) is 68.0 Å². The van der Waals surface area contributed by atoms with Gasteiger partial charge in [0.2, 0.25) is 0 Å². The van der Waals surface area contributed by atoms with Crippen molar-refractivity contribution in [2.24, 2.45) is 68.0 Å². The Labute approximate surface area is 464 Å². The van der Waals surface area contributed by atoms with Gasteiger partial charge >= 0.3 is 11.9 Å². The van der Waals surface area contributed by atoms with Gasteiger partial charge in [0.15, 0.2) is 0 Å². The van der Waals surface area contributed by atoms with Gasteiger partial charge in [0, 0.05) is 57.8 Å². The number of hydrogen-bond donors (Lipinski definition) is 4. The predicted molar refractivity (Wildman–Crippen MR) is 297 cm³/mol. The van der Waals surface area contributed by atoms with E-state index in [9.17, 15) is 49.2 Å². The number of aliphatic hydroxyl groups is 2. The van der Waals surface area contributed by atoms with Crippen LogP contribution in [0.2, 0.25) is 0 Å². The molecule has 0 amide bonds. The first kappa shape index (κ1) is 65.5. The van der Waals surface area contributed by atoms with Gasteiger partial charge in [-0.2, -0.15) is 0 Å². The zero-order chi connectivity index (χ0) is 57.2. The van der Waals surface area contributed by atoms with Crippen LogP contribution < -0.4 is 20.0 Å². The van der Waals surface area contributed by atoms with Crippen molar-refractivity contribution in [1.82, 2.24) is 0 Å². The van der Waals surface area contributed by atoms with Gasteiger partial charge in [-0.15, -0.1) is 36.7 Å². The van der Waals surface area contributed by atoms with Crippen LogP contribution in [-0.2, 0) is 38.2 Å². The number of hydrogen-bond acceptors (Lipinski definition) is 14. The van der Waals surface area contributed by atoms with E-state index in [4.69, 9.17) is 9.47 Å². The highest BCUT2D eigenvalue weighted by molar-refractivity contribution is 8.00. The molecule has 4 N–H and O–H groups in total. The van der Waals surface area contributed by atoms with E-state index in [0.717, 1.165) is 89.3 Å². The molecular formula is C60H98N2O12S2. The third-order valence-corrected chi connectivity index (χ3v) is 23.0. The van der Waals surface area contributed by atoms with Gasteiger partial charge in [-0.25, -0.2) is 0 Å². The number of rotatable bonds is 20. The molecule has 16 atom stereocenters. The molecule has 4 bridgehead atoms. The Morgan fingerprint density at radius 1 is 0.618 bits per heavy atom. The van der Waals surface area contributed by atoms with Crippen molar-refractivity contribution < 1.29 is 68.5 Å². The molecule has 0 radical (unpaired) electrons. The number of aliphatic hydroxyl groups excluding tert-OH is 2. The SMILES string of the molecule is C=C[C@]1(C)C[C@@H](OC(=O)CSCC[NH+](CC)CC)[C@]2(C)[C@H](C)CC[C@]3(CCC(=O)[C@H]32)[C@@H](C)[C@@H]1O.C=C[C@]1(C)C[C@@H](OC(=O)CSCC[NH+](CC)CC)[C@]2(C)[C@H](C)CC[C@]3(CCC(=O)[C@H]32)[C@@H](C)[C@@H]1O.O=C([O-])/C=C/C(=O)[O-]. The van der Waals surface area contributed by atoms with E-state index in [-0.39, 0.29) is 58.3 Å². The second-order valence-corrected chi connectivity index (χ2v) is 26.8. The molecule has 0 aromatic rings. The topological polar surface area (TPSA) is 216 Å². The number of esters is 2. The molecular weight excluding hydrogens is 1000 g/mol. The second-order valence-electron chi connectivity index (χ2n) is 24.6.